The number of alkyl halides is 3. The SMILES string of the molecule is CCCNC(=O)c1ccc(C(F)(F)F)cc1[Si](CC)(CC)CC. The molecule has 0 saturated heterocycles. The molecule has 2 nitrogen and oxygen atoms in total. The minimum atomic E-state index is -4.39. The maximum atomic E-state index is 13.1. The first kappa shape index (κ1) is 19.7. The number of carbonyl (C=O) groups is 1. The molecule has 1 amide bonds. The summed E-state index contributed by atoms with van der Waals surface area (Å²) in [5.74, 6) is -0.261. The lowest BCUT2D eigenvalue weighted by Crippen LogP contribution is -2.50. The molecule has 0 saturated carbocycles. The summed E-state index contributed by atoms with van der Waals surface area (Å²) in [6.45, 7) is 8.53. The molecule has 0 aliphatic carbocycles. The highest BCUT2D eigenvalue weighted by Crippen LogP contribution is 2.31. The van der Waals surface area contributed by atoms with Crippen molar-refractivity contribution >= 4 is 19.2 Å². The number of halogens is 3. The Kier molecular flexibility index (Phi) is 6.86. The van der Waals surface area contributed by atoms with Crippen molar-refractivity contribution in [3.8, 4) is 0 Å². The van der Waals surface area contributed by atoms with E-state index in [1.54, 1.807) is 0 Å². The van der Waals surface area contributed by atoms with E-state index in [4.69, 9.17) is 0 Å². The summed E-state index contributed by atoms with van der Waals surface area (Å²) in [6.07, 6.45) is -3.60. The van der Waals surface area contributed by atoms with Gasteiger partial charge in [0.2, 0.25) is 0 Å². The molecule has 0 heterocycles. The smallest absolute Gasteiger partial charge is 0.352 e. The molecule has 0 radical (unpaired) electrons. The van der Waals surface area contributed by atoms with Crippen LogP contribution in [0.4, 0.5) is 13.2 Å². The van der Waals surface area contributed by atoms with Crippen molar-refractivity contribution in [2.45, 2.75) is 58.4 Å². The molecule has 1 rings (SSSR count). The number of hydrogen-bond donors (Lipinski definition) is 1. The van der Waals surface area contributed by atoms with Gasteiger partial charge in [-0.25, -0.2) is 0 Å². The predicted octanol–water partition coefficient (Wildman–Crippen LogP) is 4.56. The van der Waals surface area contributed by atoms with Crippen LogP contribution in [0.3, 0.4) is 0 Å². The van der Waals surface area contributed by atoms with Gasteiger partial charge in [0.1, 0.15) is 0 Å². The van der Waals surface area contributed by atoms with Crippen LogP contribution < -0.4 is 10.5 Å². The summed E-state index contributed by atoms with van der Waals surface area (Å²) in [7, 11) is -2.11. The van der Waals surface area contributed by atoms with Crippen molar-refractivity contribution in [2.24, 2.45) is 0 Å². The van der Waals surface area contributed by atoms with Gasteiger partial charge in [-0.1, -0.05) is 45.8 Å². The van der Waals surface area contributed by atoms with E-state index in [2.05, 4.69) is 5.32 Å². The molecule has 1 aromatic rings. The van der Waals surface area contributed by atoms with Crippen molar-refractivity contribution in [3.05, 3.63) is 29.3 Å². The van der Waals surface area contributed by atoms with E-state index in [1.807, 2.05) is 27.7 Å². The highest BCUT2D eigenvalue weighted by Gasteiger charge is 2.37. The number of nitrogens with one attached hydrogen (secondary N) is 1. The minimum Gasteiger partial charge on any atom is -0.352 e. The summed E-state index contributed by atoms with van der Waals surface area (Å²) in [6, 6.07) is 6.08. The van der Waals surface area contributed by atoms with E-state index in [9.17, 15) is 18.0 Å². The molecular formula is C17H26F3NOSi. The molecule has 0 unspecified atom stereocenters. The number of benzene rings is 1. The summed E-state index contributed by atoms with van der Waals surface area (Å²) >= 11 is 0. The highest BCUT2D eigenvalue weighted by molar-refractivity contribution is 6.92. The second-order valence-electron chi connectivity index (χ2n) is 5.86. The van der Waals surface area contributed by atoms with Crippen molar-refractivity contribution < 1.29 is 18.0 Å². The molecule has 23 heavy (non-hydrogen) atoms. The fourth-order valence-electron chi connectivity index (χ4n) is 3.01. The number of rotatable bonds is 7. The lowest BCUT2D eigenvalue weighted by Gasteiger charge is -2.31. The number of hydrogen-bond acceptors (Lipinski definition) is 1. The molecule has 0 aromatic heterocycles. The largest absolute Gasteiger partial charge is 0.416 e. The second-order valence-corrected chi connectivity index (χ2v) is 11.1. The molecule has 130 valence electrons. The molecule has 1 aromatic carbocycles. The summed E-state index contributed by atoms with van der Waals surface area (Å²) < 4.78 is 39.4. The summed E-state index contributed by atoms with van der Waals surface area (Å²) in [4.78, 5) is 12.4. The molecule has 0 aliphatic heterocycles. The van der Waals surface area contributed by atoms with Gasteiger partial charge in [-0.05, 0) is 29.8 Å². The molecule has 0 aliphatic rings. The Labute approximate surface area is 137 Å². The molecule has 0 spiro atoms. The zero-order valence-corrected chi connectivity index (χ0v) is 15.3. The Bertz CT molecular complexity index is 531. The zero-order chi connectivity index (χ0) is 17.7. The molecule has 6 heteroatoms. The van der Waals surface area contributed by atoms with Crippen LogP contribution in [0.5, 0.6) is 0 Å². The van der Waals surface area contributed by atoms with E-state index in [1.165, 1.54) is 12.1 Å². The van der Waals surface area contributed by atoms with Gasteiger partial charge in [-0.15, -0.1) is 0 Å². The van der Waals surface area contributed by atoms with Crippen molar-refractivity contribution in [3.63, 3.8) is 0 Å². The first-order valence-corrected chi connectivity index (χ1v) is 10.9. The molecular weight excluding hydrogens is 319 g/mol. The van der Waals surface area contributed by atoms with Gasteiger partial charge in [0, 0.05) is 12.1 Å². The Balaban J connectivity index is 3.49. The third-order valence-electron chi connectivity index (χ3n) is 4.73. The van der Waals surface area contributed by atoms with Gasteiger partial charge in [0.05, 0.1) is 13.6 Å². The first-order valence-electron chi connectivity index (χ1n) is 8.25. The van der Waals surface area contributed by atoms with Gasteiger partial charge in [0.15, 0.2) is 0 Å². The topological polar surface area (TPSA) is 29.1 Å². The van der Waals surface area contributed by atoms with Gasteiger partial charge < -0.3 is 5.32 Å². The Hall–Kier alpha value is -1.30. The lowest BCUT2D eigenvalue weighted by atomic mass is 10.1. The molecule has 0 fully saturated rings. The van der Waals surface area contributed by atoms with E-state index in [0.717, 1.165) is 30.6 Å². The maximum absolute atomic E-state index is 13.1. The van der Waals surface area contributed by atoms with Crippen LogP contribution in [0.15, 0.2) is 18.2 Å². The van der Waals surface area contributed by atoms with Crippen LogP contribution in [0.25, 0.3) is 0 Å². The monoisotopic (exact) mass is 345 g/mol. The van der Waals surface area contributed by atoms with Crippen molar-refractivity contribution in [1.82, 2.24) is 5.32 Å². The molecule has 1 N–H and O–H groups in total. The third kappa shape index (κ3) is 4.37. The number of carbonyl (C=O) groups excluding carboxylic acids is 1. The van der Waals surface area contributed by atoms with E-state index >= 15 is 0 Å². The van der Waals surface area contributed by atoms with Crippen LogP contribution in [0, 0.1) is 0 Å². The normalized spacial score (nSPS) is 12.3. The summed E-state index contributed by atoms with van der Waals surface area (Å²) in [5.41, 5.74) is -0.240. The van der Waals surface area contributed by atoms with Crippen LogP contribution in [-0.4, -0.2) is 20.5 Å². The van der Waals surface area contributed by atoms with E-state index in [-0.39, 0.29) is 5.91 Å². The van der Waals surface area contributed by atoms with Crippen molar-refractivity contribution in [1.29, 1.82) is 0 Å². The standard InChI is InChI=1S/C17H26F3NOSi/c1-5-11-21-16(22)14-10-9-13(17(18,19)20)12-15(14)23(6-2,7-3)8-4/h9-10,12H,5-8,11H2,1-4H3,(H,21,22). The Morgan fingerprint density at radius 1 is 1.09 bits per heavy atom. The molecule has 0 bridgehead atoms. The fraction of sp³-hybridized carbons (Fsp3) is 0.588. The first-order chi connectivity index (χ1) is 10.8. The van der Waals surface area contributed by atoms with Gasteiger partial charge in [0.25, 0.3) is 5.91 Å². The maximum Gasteiger partial charge on any atom is 0.416 e. The fourth-order valence-corrected chi connectivity index (χ4v) is 6.89. The summed E-state index contributed by atoms with van der Waals surface area (Å²) in [5, 5.41) is 3.44. The van der Waals surface area contributed by atoms with Crippen LogP contribution >= 0.6 is 0 Å². The quantitative estimate of drug-likeness (QED) is 0.721. The Morgan fingerprint density at radius 3 is 2.09 bits per heavy atom. The average Bonchev–Trinajstić information content (AvgIpc) is 2.54. The number of amides is 1. The van der Waals surface area contributed by atoms with Crippen LogP contribution in [0.2, 0.25) is 18.1 Å². The van der Waals surface area contributed by atoms with E-state index in [0.29, 0.717) is 17.3 Å². The average molecular weight is 345 g/mol. The van der Waals surface area contributed by atoms with Crippen LogP contribution in [0.1, 0.15) is 50.0 Å². The lowest BCUT2D eigenvalue weighted by molar-refractivity contribution is -0.137. The highest BCUT2D eigenvalue weighted by atomic mass is 28.3. The van der Waals surface area contributed by atoms with E-state index < -0.39 is 19.8 Å². The van der Waals surface area contributed by atoms with Gasteiger partial charge in [-0.3, -0.25) is 4.79 Å². The Morgan fingerprint density at radius 2 is 1.65 bits per heavy atom. The predicted molar refractivity (Wildman–Crippen MR) is 90.9 cm³/mol. The van der Waals surface area contributed by atoms with Crippen molar-refractivity contribution in [2.75, 3.05) is 6.54 Å². The minimum absolute atomic E-state index is 0.261. The van der Waals surface area contributed by atoms with Gasteiger partial charge in [-0.2, -0.15) is 13.2 Å². The van der Waals surface area contributed by atoms with Gasteiger partial charge >= 0.3 is 6.18 Å². The van der Waals surface area contributed by atoms with Crippen LogP contribution in [-0.2, 0) is 6.18 Å². The third-order valence-corrected chi connectivity index (χ3v) is 10.3. The second kappa shape index (κ2) is 7.99. The molecule has 0 atom stereocenters. The zero-order valence-electron chi connectivity index (χ0n) is 14.3.